The van der Waals surface area contributed by atoms with Crippen LogP contribution >= 0.6 is 0 Å². The molecule has 0 aliphatic carbocycles. The zero-order valence-corrected chi connectivity index (χ0v) is 6.44. The molecule has 0 aromatic carbocycles. The topological polar surface area (TPSA) is 77.8 Å². The molecule has 0 bridgehead atoms. The molecule has 0 spiro atoms. The monoisotopic (exact) mass is 159 g/mol. The SMILES string of the molecule is CC[S+]([O-])c1cn[nH]c1N. The minimum Gasteiger partial charge on any atom is -0.611 e. The highest BCUT2D eigenvalue weighted by atomic mass is 32.2. The lowest BCUT2D eigenvalue weighted by atomic mass is 10.7. The van der Waals surface area contributed by atoms with E-state index in [9.17, 15) is 4.55 Å². The Morgan fingerprint density at radius 2 is 2.60 bits per heavy atom. The van der Waals surface area contributed by atoms with Gasteiger partial charge in [0.25, 0.3) is 0 Å². The first-order valence-corrected chi connectivity index (χ1v) is 4.24. The fourth-order valence-corrected chi connectivity index (χ4v) is 1.39. The lowest BCUT2D eigenvalue weighted by molar-refractivity contribution is 0.596. The number of nitrogens with zero attached hydrogens (tertiary/aromatic N) is 1. The quantitative estimate of drug-likeness (QED) is 0.601. The Morgan fingerprint density at radius 3 is 3.00 bits per heavy atom. The number of H-pyrrole nitrogens is 1. The lowest BCUT2D eigenvalue weighted by Gasteiger charge is -2.03. The predicted molar refractivity (Wildman–Crippen MR) is 39.9 cm³/mol. The largest absolute Gasteiger partial charge is 0.611 e. The number of anilines is 1. The molecule has 56 valence electrons. The molecule has 1 aromatic rings. The third-order valence-electron chi connectivity index (χ3n) is 1.14. The van der Waals surface area contributed by atoms with Crippen molar-refractivity contribution in [3.8, 4) is 0 Å². The van der Waals surface area contributed by atoms with Crippen LogP contribution in [0.3, 0.4) is 0 Å². The highest BCUT2D eigenvalue weighted by molar-refractivity contribution is 7.91. The maximum absolute atomic E-state index is 11.1. The standard InChI is InChI=1S/C5H9N3OS/c1-2-10(9)4-3-7-8-5(4)6/h3H,2H2,1H3,(H3,6,7,8). The second kappa shape index (κ2) is 2.94. The van der Waals surface area contributed by atoms with Gasteiger partial charge in [0.15, 0.2) is 5.82 Å². The molecule has 10 heavy (non-hydrogen) atoms. The molecule has 0 aliphatic heterocycles. The van der Waals surface area contributed by atoms with Gasteiger partial charge in [0.2, 0.25) is 4.90 Å². The van der Waals surface area contributed by atoms with Crippen LogP contribution in [0.4, 0.5) is 5.82 Å². The van der Waals surface area contributed by atoms with Crippen molar-refractivity contribution >= 4 is 17.0 Å². The molecule has 1 aromatic heterocycles. The van der Waals surface area contributed by atoms with E-state index >= 15 is 0 Å². The normalized spacial score (nSPS) is 13.4. The molecule has 0 saturated heterocycles. The van der Waals surface area contributed by atoms with E-state index in [1.54, 1.807) is 0 Å². The second-order valence-electron chi connectivity index (χ2n) is 1.78. The summed E-state index contributed by atoms with van der Waals surface area (Å²) in [4.78, 5) is 0.600. The maximum Gasteiger partial charge on any atom is 0.214 e. The Morgan fingerprint density at radius 1 is 1.90 bits per heavy atom. The minimum atomic E-state index is -0.990. The van der Waals surface area contributed by atoms with Crippen LogP contribution in [0.15, 0.2) is 11.1 Å². The van der Waals surface area contributed by atoms with Crippen molar-refractivity contribution in [2.24, 2.45) is 0 Å². The number of aromatic amines is 1. The molecule has 4 nitrogen and oxygen atoms in total. The summed E-state index contributed by atoms with van der Waals surface area (Å²) in [5.41, 5.74) is 5.41. The number of rotatable bonds is 2. The van der Waals surface area contributed by atoms with Gasteiger partial charge in [0.1, 0.15) is 11.9 Å². The van der Waals surface area contributed by atoms with Gasteiger partial charge in [-0.3, -0.25) is 5.10 Å². The smallest absolute Gasteiger partial charge is 0.214 e. The number of hydrogen-bond acceptors (Lipinski definition) is 3. The van der Waals surface area contributed by atoms with Crippen molar-refractivity contribution < 1.29 is 4.55 Å². The third kappa shape index (κ3) is 1.25. The van der Waals surface area contributed by atoms with Crippen molar-refractivity contribution in [3.63, 3.8) is 0 Å². The van der Waals surface area contributed by atoms with E-state index in [1.807, 2.05) is 6.92 Å². The van der Waals surface area contributed by atoms with Crippen molar-refractivity contribution in [2.75, 3.05) is 11.5 Å². The molecule has 5 heteroatoms. The van der Waals surface area contributed by atoms with Crippen LogP contribution in [0.2, 0.25) is 0 Å². The number of hydrogen-bond donors (Lipinski definition) is 2. The van der Waals surface area contributed by atoms with Crippen LogP contribution in [0, 0.1) is 0 Å². The molecule has 1 atom stereocenters. The van der Waals surface area contributed by atoms with Gasteiger partial charge in [-0.05, 0) is 18.1 Å². The van der Waals surface area contributed by atoms with Gasteiger partial charge in [-0.2, -0.15) is 5.10 Å². The van der Waals surface area contributed by atoms with E-state index < -0.39 is 11.2 Å². The first kappa shape index (κ1) is 7.43. The number of aromatic nitrogens is 2. The Kier molecular flexibility index (Phi) is 2.18. The summed E-state index contributed by atoms with van der Waals surface area (Å²) in [7, 11) is 0. The molecule has 1 rings (SSSR count). The Balaban J connectivity index is 2.82. The third-order valence-corrected chi connectivity index (χ3v) is 2.48. The molecule has 1 unspecified atom stereocenters. The summed E-state index contributed by atoms with van der Waals surface area (Å²) >= 11 is -0.990. The van der Waals surface area contributed by atoms with E-state index in [-0.39, 0.29) is 0 Å². The van der Waals surface area contributed by atoms with Gasteiger partial charge in [0, 0.05) is 0 Å². The summed E-state index contributed by atoms with van der Waals surface area (Å²) in [6.45, 7) is 1.84. The Labute approximate surface area is 62.0 Å². The van der Waals surface area contributed by atoms with Crippen LogP contribution < -0.4 is 5.73 Å². The molecule has 0 saturated carbocycles. The second-order valence-corrected chi connectivity index (χ2v) is 3.49. The number of nitrogens with two attached hydrogens (primary N) is 1. The molecule has 0 amide bonds. The van der Waals surface area contributed by atoms with E-state index in [0.717, 1.165) is 0 Å². The minimum absolute atomic E-state index is 0.403. The van der Waals surface area contributed by atoms with Crippen LogP contribution in [0.25, 0.3) is 0 Å². The van der Waals surface area contributed by atoms with Gasteiger partial charge in [-0.25, -0.2) is 0 Å². The van der Waals surface area contributed by atoms with Gasteiger partial charge >= 0.3 is 0 Å². The fraction of sp³-hybridized carbons (Fsp3) is 0.400. The summed E-state index contributed by atoms with van der Waals surface area (Å²) < 4.78 is 11.1. The van der Waals surface area contributed by atoms with E-state index in [1.165, 1.54) is 6.20 Å². The molecule has 0 aliphatic rings. The predicted octanol–water partition coefficient (Wildman–Crippen LogP) is 0.119. The van der Waals surface area contributed by atoms with Crippen LogP contribution in [0.5, 0.6) is 0 Å². The van der Waals surface area contributed by atoms with E-state index in [4.69, 9.17) is 5.73 Å². The van der Waals surface area contributed by atoms with Gasteiger partial charge in [0.05, 0.1) is 0 Å². The molecule has 1 heterocycles. The van der Waals surface area contributed by atoms with Crippen LogP contribution in [-0.4, -0.2) is 20.5 Å². The van der Waals surface area contributed by atoms with Crippen LogP contribution in [0.1, 0.15) is 6.92 Å². The van der Waals surface area contributed by atoms with Crippen molar-refractivity contribution in [2.45, 2.75) is 11.8 Å². The zero-order chi connectivity index (χ0) is 7.56. The maximum atomic E-state index is 11.1. The highest BCUT2D eigenvalue weighted by Gasteiger charge is 2.13. The average Bonchev–Trinajstić information content (AvgIpc) is 2.34. The fourth-order valence-electron chi connectivity index (χ4n) is 0.622. The molecular weight excluding hydrogens is 150 g/mol. The van der Waals surface area contributed by atoms with Gasteiger partial charge < -0.3 is 10.3 Å². The summed E-state index contributed by atoms with van der Waals surface area (Å²) in [5, 5.41) is 6.17. The summed E-state index contributed by atoms with van der Waals surface area (Å²) in [5.74, 6) is 0.976. The first-order valence-electron chi connectivity index (χ1n) is 2.93. The van der Waals surface area contributed by atoms with E-state index in [2.05, 4.69) is 10.2 Å². The number of nitrogen functional groups attached to an aromatic ring is 1. The van der Waals surface area contributed by atoms with E-state index in [0.29, 0.717) is 16.5 Å². The summed E-state index contributed by atoms with van der Waals surface area (Å²) in [6.07, 6.45) is 1.49. The zero-order valence-electron chi connectivity index (χ0n) is 5.63. The van der Waals surface area contributed by atoms with Crippen molar-refractivity contribution in [1.82, 2.24) is 10.2 Å². The van der Waals surface area contributed by atoms with Crippen molar-refractivity contribution in [1.29, 1.82) is 0 Å². The average molecular weight is 159 g/mol. The highest BCUT2D eigenvalue weighted by Crippen LogP contribution is 2.14. The number of nitrogens with one attached hydrogen (secondary N) is 1. The molecule has 0 radical (unpaired) electrons. The lowest BCUT2D eigenvalue weighted by Crippen LogP contribution is -2.05. The Hall–Kier alpha value is -0.680. The van der Waals surface area contributed by atoms with Crippen molar-refractivity contribution in [3.05, 3.63) is 6.20 Å². The first-order chi connectivity index (χ1) is 4.75. The molecule has 0 fully saturated rings. The van der Waals surface area contributed by atoms with Gasteiger partial charge in [-0.1, -0.05) is 0 Å². The molecule has 3 N–H and O–H groups in total. The van der Waals surface area contributed by atoms with Gasteiger partial charge in [-0.15, -0.1) is 0 Å². The Bertz CT molecular complexity index is 212. The molecular formula is C5H9N3OS. The van der Waals surface area contributed by atoms with Crippen LogP contribution in [-0.2, 0) is 11.2 Å². The summed E-state index contributed by atoms with van der Waals surface area (Å²) in [6, 6.07) is 0.